The minimum absolute atomic E-state index is 0.330. The van der Waals surface area contributed by atoms with Crippen molar-refractivity contribution < 1.29 is 5.11 Å². The van der Waals surface area contributed by atoms with Crippen LogP contribution in [0.1, 0.15) is 39.5 Å². The van der Waals surface area contributed by atoms with Crippen molar-refractivity contribution in [2.24, 2.45) is 5.92 Å². The molecule has 1 N–H and O–H groups in total. The summed E-state index contributed by atoms with van der Waals surface area (Å²) in [6, 6.07) is 0. The number of aliphatic hydroxyl groups is 1. The Morgan fingerprint density at radius 1 is 1.08 bits per heavy atom. The van der Waals surface area contributed by atoms with Crippen LogP contribution in [0.15, 0.2) is 0 Å². The molecule has 0 saturated heterocycles. The molecule has 0 aliphatic rings. The number of hydrogen-bond acceptors (Lipinski definition) is 2. The number of unbranched alkanes of at least 4 members (excludes halogenated alkanes) is 2. The van der Waals surface area contributed by atoms with Crippen molar-refractivity contribution in [2.75, 3.05) is 18.1 Å². The predicted octanol–water partition coefficient (Wildman–Crippen LogP) is 2.93. The van der Waals surface area contributed by atoms with Crippen LogP contribution in [0.25, 0.3) is 0 Å². The van der Waals surface area contributed by atoms with E-state index in [-0.39, 0.29) is 0 Å². The Kier molecular flexibility index (Phi) is 9.64. The van der Waals surface area contributed by atoms with Crippen LogP contribution >= 0.6 is 11.8 Å². The van der Waals surface area contributed by atoms with Crippen LogP contribution in [0, 0.1) is 5.92 Å². The van der Waals surface area contributed by atoms with Crippen LogP contribution in [-0.4, -0.2) is 23.2 Å². The molecule has 0 aromatic heterocycles. The van der Waals surface area contributed by atoms with Gasteiger partial charge in [0.05, 0.1) is 6.61 Å². The third-order valence-corrected chi connectivity index (χ3v) is 2.85. The van der Waals surface area contributed by atoms with Gasteiger partial charge in [-0.05, 0) is 18.1 Å². The van der Waals surface area contributed by atoms with Gasteiger partial charge in [-0.1, -0.05) is 33.1 Å². The summed E-state index contributed by atoms with van der Waals surface area (Å²) in [4.78, 5) is 0. The van der Waals surface area contributed by atoms with Crippen LogP contribution in [0.2, 0.25) is 0 Å². The molecule has 12 heavy (non-hydrogen) atoms. The van der Waals surface area contributed by atoms with Crippen molar-refractivity contribution in [3.63, 3.8) is 0 Å². The molecule has 0 aromatic rings. The van der Waals surface area contributed by atoms with Crippen molar-refractivity contribution in [1.29, 1.82) is 0 Å². The molecule has 0 heterocycles. The van der Waals surface area contributed by atoms with E-state index in [9.17, 15) is 0 Å². The molecule has 0 bridgehead atoms. The fourth-order valence-corrected chi connectivity index (χ4v) is 1.84. The Bertz CT molecular complexity index is 83.9. The Morgan fingerprint density at radius 3 is 2.42 bits per heavy atom. The lowest BCUT2D eigenvalue weighted by Gasteiger charge is -2.03. The van der Waals surface area contributed by atoms with E-state index in [1.54, 1.807) is 0 Å². The molecule has 0 aliphatic carbocycles. The average molecular weight is 190 g/mol. The van der Waals surface area contributed by atoms with Gasteiger partial charge in [0.25, 0.3) is 0 Å². The molecule has 0 aliphatic heterocycles. The Balaban J connectivity index is 2.82. The predicted molar refractivity (Wildman–Crippen MR) is 57.7 cm³/mol. The normalized spacial score (nSPS) is 11.0. The topological polar surface area (TPSA) is 20.2 Å². The van der Waals surface area contributed by atoms with Gasteiger partial charge in [-0.2, -0.15) is 11.8 Å². The third kappa shape index (κ3) is 10.3. The van der Waals surface area contributed by atoms with Gasteiger partial charge in [-0.3, -0.25) is 0 Å². The summed E-state index contributed by atoms with van der Waals surface area (Å²) in [5.41, 5.74) is 0. The molecule has 1 nitrogen and oxygen atoms in total. The summed E-state index contributed by atoms with van der Waals surface area (Å²) in [5.74, 6) is 2.98. The largest absolute Gasteiger partial charge is 0.396 e. The molecule has 0 atom stereocenters. The summed E-state index contributed by atoms with van der Waals surface area (Å²) in [7, 11) is 0. The Morgan fingerprint density at radius 2 is 1.83 bits per heavy atom. The van der Waals surface area contributed by atoms with Crippen molar-refractivity contribution in [1.82, 2.24) is 0 Å². The first-order valence-corrected chi connectivity index (χ1v) is 6.11. The second kappa shape index (κ2) is 9.40. The zero-order valence-electron chi connectivity index (χ0n) is 8.38. The Labute approximate surface area is 80.9 Å². The molecule has 0 aromatic carbocycles. The number of rotatable bonds is 8. The van der Waals surface area contributed by atoms with Gasteiger partial charge in [-0.15, -0.1) is 0 Å². The quantitative estimate of drug-likeness (QED) is 0.594. The number of aliphatic hydroxyl groups excluding tert-OH is 1. The highest BCUT2D eigenvalue weighted by Crippen LogP contribution is 2.10. The highest BCUT2D eigenvalue weighted by molar-refractivity contribution is 7.99. The molecule has 0 amide bonds. The van der Waals surface area contributed by atoms with Crippen LogP contribution in [0.3, 0.4) is 0 Å². The molecule has 0 unspecified atom stereocenters. The number of hydrogen-bond donors (Lipinski definition) is 1. The van der Waals surface area contributed by atoms with Crippen molar-refractivity contribution in [3.05, 3.63) is 0 Å². The Hall–Kier alpha value is 0.310. The van der Waals surface area contributed by atoms with Gasteiger partial charge in [0.1, 0.15) is 0 Å². The second-order valence-corrected chi connectivity index (χ2v) is 4.80. The lowest BCUT2D eigenvalue weighted by molar-refractivity contribution is 0.322. The second-order valence-electron chi connectivity index (χ2n) is 3.58. The summed E-state index contributed by atoms with van der Waals surface area (Å²) in [6.07, 6.45) is 5.41. The monoisotopic (exact) mass is 190 g/mol. The van der Waals surface area contributed by atoms with Crippen molar-refractivity contribution in [2.45, 2.75) is 39.5 Å². The van der Waals surface area contributed by atoms with Gasteiger partial charge >= 0.3 is 0 Å². The average Bonchev–Trinajstić information content (AvgIpc) is 2.02. The standard InChI is InChI=1S/C10H22OS/c1-10(2)6-4-3-5-8-12-9-7-11/h10-11H,3-9H2,1-2H3. The lowest BCUT2D eigenvalue weighted by atomic mass is 10.1. The molecule has 0 saturated carbocycles. The molecule has 0 rings (SSSR count). The van der Waals surface area contributed by atoms with Crippen LogP contribution in [-0.2, 0) is 0 Å². The highest BCUT2D eigenvalue weighted by Gasteiger charge is 1.94. The van der Waals surface area contributed by atoms with Gasteiger partial charge in [0, 0.05) is 5.75 Å². The molecule has 2 heteroatoms. The molecule has 0 radical (unpaired) electrons. The van der Waals surface area contributed by atoms with Gasteiger partial charge in [0.2, 0.25) is 0 Å². The smallest absolute Gasteiger partial charge is 0.0521 e. The zero-order chi connectivity index (χ0) is 9.23. The highest BCUT2D eigenvalue weighted by atomic mass is 32.2. The minimum atomic E-state index is 0.330. The summed E-state index contributed by atoms with van der Waals surface area (Å²) in [5, 5.41) is 8.52. The van der Waals surface area contributed by atoms with E-state index < -0.39 is 0 Å². The third-order valence-electron chi connectivity index (χ3n) is 1.81. The molecular weight excluding hydrogens is 168 g/mol. The van der Waals surface area contributed by atoms with Crippen LogP contribution < -0.4 is 0 Å². The van der Waals surface area contributed by atoms with Crippen LogP contribution in [0.5, 0.6) is 0 Å². The number of thioether (sulfide) groups is 1. The maximum absolute atomic E-state index is 8.52. The summed E-state index contributed by atoms with van der Waals surface area (Å²) < 4.78 is 0. The summed E-state index contributed by atoms with van der Waals surface area (Å²) >= 11 is 1.86. The fourth-order valence-electron chi connectivity index (χ4n) is 1.10. The van der Waals surface area contributed by atoms with E-state index in [2.05, 4.69) is 13.8 Å². The molecule has 0 spiro atoms. The van der Waals surface area contributed by atoms with E-state index in [1.165, 1.54) is 31.4 Å². The van der Waals surface area contributed by atoms with Gasteiger partial charge < -0.3 is 5.11 Å². The first-order chi connectivity index (χ1) is 5.77. The fraction of sp³-hybridized carbons (Fsp3) is 1.00. The maximum Gasteiger partial charge on any atom is 0.0521 e. The van der Waals surface area contributed by atoms with E-state index in [0.717, 1.165) is 11.7 Å². The minimum Gasteiger partial charge on any atom is -0.396 e. The van der Waals surface area contributed by atoms with Gasteiger partial charge in [0.15, 0.2) is 0 Å². The SMILES string of the molecule is CC(C)CCCCCSCCO. The van der Waals surface area contributed by atoms with E-state index in [1.807, 2.05) is 11.8 Å². The van der Waals surface area contributed by atoms with E-state index >= 15 is 0 Å². The summed E-state index contributed by atoms with van der Waals surface area (Å²) in [6.45, 7) is 4.89. The molecule has 74 valence electrons. The lowest BCUT2D eigenvalue weighted by Crippen LogP contribution is -1.90. The van der Waals surface area contributed by atoms with Crippen LogP contribution in [0.4, 0.5) is 0 Å². The first kappa shape index (κ1) is 12.3. The maximum atomic E-state index is 8.52. The zero-order valence-corrected chi connectivity index (χ0v) is 9.20. The molecular formula is C10H22OS. The van der Waals surface area contributed by atoms with Crippen molar-refractivity contribution >= 4 is 11.8 Å². The van der Waals surface area contributed by atoms with Gasteiger partial charge in [-0.25, -0.2) is 0 Å². The van der Waals surface area contributed by atoms with E-state index in [4.69, 9.17) is 5.11 Å². The molecule has 0 fully saturated rings. The van der Waals surface area contributed by atoms with E-state index in [0.29, 0.717) is 6.61 Å². The first-order valence-electron chi connectivity index (χ1n) is 4.96. The van der Waals surface area contributed by atoms with Crippen molar-refractivity contribution in [3.8, 4) is 0 Å².